The summed E-state index contributed by atoms with van der Waals surface area (Å²) >= 11 is 0. The SMILES string of the molecule is COc1ccc(C(=O)NC2CCC(Oc3ccc(C#N)cn3)CC2)c(OC)c1OC. The van der Waals surface area contributed by atoms with Gasteiger partial charge in [0, 0.05) is 18.3 Å². The van der Waals surface area contributed by atoms with Gasteiger partial charge in [-0.15, -0.1) is 0 Å². The number of rotatable bonds is 7. The number of carbonyl (C=O) groups is 1. The Morgan fingerprint density at radius 3 is 2.33 bits per heavy atom. The van der Waals surface area contributed by atoms with Crippen molar-refractivity contribution >= 4 is 5.91 Å². The molecule has 2 aromatic rings. The fourth-order valence-electron chi connectivity index (χ4n) is 3.56. The first-order valence-corrected chi connectivity index (χ1v) is 9.72. The molecule has 0 bridgehead atoms. The third-order valence-corrected chi connectivity index (χ3v) is 5.11. The van der Waals surface area contributed by atoms with Crippen LogP contribution in [-0.2, 0) is 0 Å². The Balaban J connectivity index is 1.58. The lowest BCUT2D eigenvalue weighted by Gasteiger charge is -2.29. The van der Waals surface area contributed by atoms with Gasteiger partial charge in [0.15, 0.2) is 11.5 Å². The van der Waals surface area contributed by atoms with Gasteiger partial charge in [0.25, 0.3) is 5.91 Å². The summed E-state index contributed by atoms with van der Waals surface area (Å²) in [7, 11) is 4.53. The molecule has 0 aliphatic heterocycles. The van der Waals surface area contributed by atoms with Crippen molar-refractivity contribution in [1.29, 1.82) is 5.26 Å². The van der Waals surface area contributed by atoms with Crippen LogP contribution >= 0.6 is 0 Å². The maximum atomic E-state index is 12.8. The molecular formula is C22H25N3O5. The van der Waals surface area contributed by atoms with Crippen LogP contribution in [0.3, 0.4) is 0 Å². The lowest BCUT2D eigenvalue weighted by Crippen LogP contribution is -2.39. The molecule has 1 amide bonds. The second-order valence-corrected chi connectivity index (χ2v) is 6.94. The van der Waals surface area contributed by atoms with Crippen LogP contribution < -0.4 is 24.3 Å². The highest BCUT2D eigenvalue weighted by Gasteiger charge is 2.26. The Labute approximate surface area is 175 Å². The van der Waals surface area contributed by atoms with Gasteiger partial charge in [-0.3, -0.25) is 4.79 Å². The third-order valence-electron chi connectivity index (χ3n) is 5.11. The molecule has 158 valence electrons. The van der Waals surface area contributed by atoms with Gasteiger partial charge >= 0.3 is 0 Å². The number of aromatic nitrogens is 1. The van der Waals surface area contributed by atoms with Gasteiger partial charge in [0.1, 0.15) is 12.2 Å². The molecular weight excluding hydrogens is 386 g/mol. The van der Waals surface area contributed by atoms with Crippen molar-refractivity contribution in [3.8, 4) is 29.2 Å². The number of benzene rings is 1. The maximum absolute atomic E-state index is 12.8. The molecule has 1 aromatic heterocycles. The van der Waals surface area contributed by atoms with E-state index < -0.39 is 0 Å². The largest absolute Gasteiger partial charge is 0.493 e. The average molecular weight is 411 g/mol. The first-order chi connectivity index (χ1) is 14.6. The molecule has 0 saturated heterocycles. The molecule has 1 heterocycles. The molecule has 1 aliphatic carbocycles. The number of methoxy groups -OCH3 is 3. The van der Waals surface area contributed by atoms with E-state index in [4.69, 9.17) is 24.2 Å². The van der Waals surface area contributed by atoms with Gasteiger partial charge in [-0.25, -0.2) is 4.98 Å². The van der Waals surface area contributed by atoms with E-state index in [1.807, 2.05) is 6.07 Å². The van der Waals surface area contributed by atoms with E-state index in [-0.39, 0.29) is 18.1 Å². The average Bonchev–Trinajstić information content (AvgIpc) is 2.79. The summed E-state index contributed by atoms with van der Waals surface area (Å²) in [5, 5.41) is 11.9. The standard InChI is InChI=1S/C22H25N3O5/c1-27-18-10-9-17(20(28-2)21(18)29-3)22(26)25-15-5-7-16(8-6-15)30-19-11-4-14(12-23)13-24-19/h4,9-11,13,15-16H,5-8H2,1-3H3,(H,25,26). The number of nitriles is 1. The van der Waals surface area contributed by atoms with Gasteiger partial charge in [0.05, 0.1) is 32.5 Å². The van der Waals surface area contributed by atoms with Crippen LogP contribution in [0.2, 0.25) is 0 Å². The molecule has 0 radical (unpaired) electrons. The van der Waals surface area contributed by atoms with Crippen molar-refractivity contribution in [2.75, 3.05) is 21.3 Å². The molecule has 0 spiro atoms. The zero-order valence-electron chi connectivity index (χ0n) is 17.3. The zero-order chi connectivity index (χ0) is 21.5. The number of nitrogens with zero attached hydrogens (tertiary/aromatic N) is 2. The molecule has 8 heteroatoms. The zero-order valence-corrected chi connectivity index (χ0v) is 17.3. The number of hydrogen-bond acceptors (Lipinski definition) is 7. The fraction of sp³-hybridized carbons (Fsp3) is 0.409. The van der Waals surface area contributed by atoms with E-state index in [1.165, 1.54) is 27.5 Å². The Morgan fingerprint density at radius 2 is 1.77 bits per heavy atom. The number of amides is 1. The summed E-state index contributed by atoms with van der Waals surface area (Å²) in [5.74, 6) is 1.53. The minimum atomic E-state index is -0.217. The molecule has 1 aromatic carbocycles. The summed E-state index contributed by atoms with van der Waals surface area (Å²) in [6, 6.07) is 8.82. The minimum absolute atomic E-state index is 0.0363. The first kappa shape index (κ1) is 21.2. The highest BCUT2D eigenvalue weighted by Crippen LogP contribution is 2.39. The number of hydrogen-bond donors (Lipinski definition) is 1. The summed E-state index contributed by atoms with van der Waals surface area (Å²) in [4.78, 5) is 17.0. The minimum Gasteiger partial charge on any atom is -0.493 e. The summed E-state index contributed by atoms with van der Waals surface area (Å²) < 4.78 is 21.9. The molecule has 1 aliphatic rings. The van der Waals surface area contributed by atoms with Crippen molar-refractivity contribution in [3.63, 3.8) is 0 Å². The molecule has 30 heavy (non-hydrogen) atoms. The monoisotopic (exact) mass is 411 g/mol. The van der Waals surface area contributed by atoms with Crippen molar-refractivity contribution in [2.24, 2.45) is 0 Å². The summed E-state index contributed by atoms with van der Waals surface area (Å²) in [6.07, 6.45) is 4.72. The molecule has 3 rings (SSSR count). The lowest BCUT2D eigenvalue weighted by molar-refractivity contribution is 0.0886. The Bertz CT molecular complexity index is 916. The maximum Gasteiger partial charge on any atom is 0.255 e. The second-order valence-electron chi connectivity index (χ2n) is 6.94. The van der Waals surface area contributed by atoms with E-state index in [9.17, 15) is 4.79 Å². The third kappa shape index (κ3) is 4.74. The van der Waals surface area contributed by atoms with E-state index in [2.05, 4.69) is 10.3 Å². The van der Waals surface area contributed by atoms with E-state index >= 15 is 0 Å². The highest BCUT2D eigenvalue weighted by atomic mass is 16.5. The van der Waals surface area contributed by atoms with Crippen molar-refractivity contribution in [2.45, 2.75) is 37.8 Å². The Kier molecular flexibility index (Phi) is 6.96. The predicted molar refractivity (Wildman–Crippen MR) is 109 cm³/mol. The van der Waals surface area contributed by atoms with Crippen LogP contribution in [-0.4, -0.2) is 44.4 Å². The Hall–Kier alpha value is -3.47. The van der Waals surface area contributed by atoms with Crippen LogP contribution in [0.15, 0.2) is 30.5 Å². The molecule has 0 atom stereocenters. The number of ether oxygens (including phenoxy) is 4. The second kappa shape index (κ2) is 9.83. The number of carbonyl (C=O) groups excluding carboxylic acids is 1. The topological polar surface area (TPSA) is 103 Å². The van der Waals surface area contributed by atoms with Crippen LogP contribution in [0.25, 0.3) is 0 Å². The van der Waals surface area contributed by atoms with Crippen LogP contribution in [0.4, 0.5) is 0 Å². The van der Waals surface area contributed by atoms with Crippen molar-refractivity contribution in [3.05, 3.63) is 41.6 Å². The smallest absolute Gasteiger partial charge is 0.255 e. The highest BCUT2D eigenvalue weighted by molar-refractivity contribution is 5.98. The molecule has 1 N–H and O–H groups in total. The molecule has 8 nitrogen and oxygen atoms in total. The lowest BCUT2D eigenvalue weighted by atomic mass is 9.92. The van der Waals surface area contributed by atoms with Crippen LogP contribution in [0.5, 0.6) is 23.1 Å². The quantitative estimate of drug-likeness (QED) is 0.747. The number of nitrogens with one attached hydrogen (secondary N) is 1. The van der Waals surface area contributed by atoms with Gasteiger partial charge in [0.2, 0.25) is 11.6 Å². The van der Waals surface area contributed by atoms with Crippen molar-refractivity contribution in [1.82, 2.24) is 10.3 Å². The Morgan fingerprint density at radius 1 is 1.03 bits per heavy atom. The molecule has 1 fully saturated rings. The normalized spacial score (nSPS) is 18.1. The fourth-order valence-corrected chi connectivity index (χ4v) is 3.56. The van der Waals surface area contributed by atoms with E-state index in [0.29, 0.717) is 34.3 Å². The van der Waals surface area contributed by atoms with Crippen LogP contribution in [0.1, 0.15) is 41.6 Å². The first-order valence-electron chi connectivity index (χ1n) is 9.72. The summed E-state index contributed by atoms with van der Waals surface area (Å²) in [5.41, 5.74) is 0.898. The predicted octanol–water partition coefficient (Wildman–Crippen LogP) is 3.10. The van der Waals surface area contributed by atoms with Gasteiger partial charge in [-0.1, -0.05) is 0 Å². The summed E-state index contributed by atoms with van der Waals surface area (Å²) in [6.45, 7) is 0. The molecule has 0 unspecified atom stereocenters. The van der Waals surface area contributed by atoms with Gasteiger partial charge < -0.3 is 24.3 Å². The van der Waals surface area contributed by atoms with E-state index in [0.717, 1.165) is 25.7 Å². The molecule has 1 saturated carbocycles. The van der Waals surface area contributed by atoms with Crippen molar-refractivity contribution < 1.29 is 23.7 Å². The van der Waals surface area contributed by atoms with Gasteiger partial charge in [-0.05, 0) is 43.9 Å². The van der Waals surface area contributed by atoms with Gasteiger partial charge in [-0.2, -0.15) is 5.26 Å². The van der Waals surface area contributed by atoms with E-state index in [1.54, 1.807) is 24.3 Å². The van der Waals surface area contributed by atoms with Crippen LogP contribution in [0, 0.1) is 11.3 Å². The number of pyridine rings is 1.